The van der Waals surface area contributed by atoms with Crippen molar-refractivity contribution in [2.45, 2.75) is 29.8 Å². The van der Waals surface area contributed by atoms with Crippen LogP contribution in [0, 0.1) is 0 Å². The molecule has 0 aromatic carbocycles. The lowest BCUT2D eigenvalue weighted by Gasteiger charge is -2.24. The van der Waals surface area contributed by atoms with Crippen molar-refractivity contribution < 1.29 is 18.3 Å². The van der Waals surface area contributed by atoms with E-state index in [1.807, 2.05) is 6.92 Å². The standard InChI is InChI=1S/C9H13N3O4S2/c1-2-8-12(6(5-17-8)9(13)14)18(15,16)7-3-4-10-11-7/h3-4,6,8H,2,5H2,1H3,(H,10,11)(H,13,14). The average Bonchev–Trinajstić information content (AvgIpc) is 2.98. The van der Waals surface area contributed by atoms with Crippen molar-refractivity contribution in [1.82, 2.24) is 14.5 Å². The fourth-order valence-electron chi connectivity index (χ4n) is 1.85. The first kappa shape index (κ1) is 13.4. The second kappa shape index (κ2) is 4.90. The van der Waals surface area contributed by atoms with E-state index < -0.39 is 22.0 Å². The predicted molar refractivity (Wildman–Crippen MR) is 65.6 cm³/mol. The summed E-state index contributed by atoms with van der Waals surface area (Å²) in [5.41, 5.74) is 0. The van der Waals surface area contributed by atoms with Gasteiger partial charge in [-0.1, -0.05) is 6.92 Å². The van der Waals surface area contributed by atoms with E-state index in [9.17, 15) is 13.2 Å². The van der Waals surface area contributed by atoms with Gasteiger partial charge in [0.2, 0.25) is 0 Å². The summed E-state index contributed by atoms with van der Waals surface area (Å²) in [5.74, 6) is -0.858. The van der Waals surface area contributed by atoms with Gasteiger partial charge in [0.05, 0.1) is 11.6 Å². The van der Waals surface area contributed by atoms with E-state index in [0.29, 0.717) is 6.42 Å². The molecule has 1 saturated heterocycles. The van der Waals surface area contributed by atoms with Crippen LogP contribution in [-0.2, 0) is 14.8 Å². The zero-order valence-electron chi connectivity index (χ0n) is 9.61. The van der Waals surface area contributed by atoms with Crippen molar-refractivity contribution in [3.8, 4) is 0 Å². The van der Waals surface area contributed by atoms with Gasteiger partial charge in [0.1, 0.15) is 6.04 Å². The Balaban J connectivity index is 2.42. The van der Waals surface area contributed by atoms with Gasteiger partial charge >= 0.3 is 5.97 Å². The molecule has 0 spiro atoms. The number of hydrogen-bond acceptors (Lipinski definition) is 5. The molecule has 0 aliphatic carbocycles. The number of carbonyl (C=O) groups is 1. The van der Waals surface area contributed by atoms with Gasteiger partial charge in [0.25, 0.3) is 10.0 Å². The van der Waals surface area contributed by atoms with Gasteiger partial charge in [-0.15, -0.1) is 11.8 Å². The summed E-state index contributed by atoms with van der Waals surface area (Å²) in [6.07, 6.45) is 1.88. The highest BCUT2D eigenvalue weighted by molar-refractivity contribution is 8.01. The molecule has 2 atom stereocenters. The Morgan fingerprint density at radius 3 is 2.94 bits per heavy atom. The number of thioether (sulfide) groups is 1. The number of carboxylic acids is 1. The minimum Gasteiger partial charge on any atom is -0.480 e. The van der Waals surface area contributed by atoms with Crippen LogP contribution in [0.25, 0.3) is 0 Å². The first-order valence-corrected chi connectivity index (χ1v) is 7.84. The lowest BCUT2D eigenvalue weighted by atomic mass is 10.3. The third kappa shape index (κ3) is 2.13. The summed E-state index contributed by atoms with van der Waals surface area (Å²) in [6, 6.07) is 0.303. The maximum Gasteiger partial charge on any atom is 0.322 e. The number of carboxylic acid groups (broad SMARTS) is 1. The van der Waals surface area contributed by atoms with Gasteiger partial charge in [0.15, 0.2) is 5.03 Å². The zero-order valence-corrected chi connectivity index (χ0v) is 11.2. The van der Waals surface area contributed by atoms with E-state index in [2.05, 4.69) is 10.2 Å². The molecule has 9 heteroatoms. The molecule has 2 N–H and O–H groups in total. The molecule has 1 aliphatic rings. The largest absolute Gasteiger partial charge is 0.480 e. The number of nitrogens with one attached hydrogen (secondary N) is 1. The normalized spacial score (nSPS) is 25.4. The Bertz CT molecular complexity index is 528. The molecule has 18 heavy (non-hydrogen) atoms. The molecule has 2 unspecified atom stereocenters. The number of aromatic nitrogens is 2. The molecule has 0 amide bonds. The Morgan fingerprint density at radius 1 is 1.72 bits per heavy atom. The van der Waals surface area contributed by atoms with E-state index in [1.54, 1.807) is 0 Å². The molecule has 1 aliphatic heterocycles. The highest BCUT2D eigenvalue weighted by Gasteiger charge is 2.46. The Kier molecular flexibility index (Phi) is 3.64. The molecule has 0 radical (unpaired) electrons. The van der Waals surface area contributed by atoms with Crippen molar-refractivity contribution in [2.75, 3.05) is 5.75 Å². The third-order valence-corrected chi connectivity index (χ3v) is 6.14. The van der Waals surface area contributed by atoms with Crippen LogP contribution >= 0.6 is 11.8 Å². The topological polar surface area (TPSA) is 103 Å². The number of rotatable bonds is 4. The maximum absolute atomic E-state index is 12.4. The van der Waals surface area contributed by atoms with Crippen molar-refractivity contribution in [3.05, 3.63) is 12.3 Å². The molecule has 2 heterocycles. The summed E-state index contributed by atoms with van der Waals surface area (Å²) >= 11 is 1.34. The number of H-pyrrole nitrogens is 1. The van der Waals surface area contributed by atoms with E-state index in [-0.39, 0.29) is 16.2 Å². The summed E-state index contributed by atoms with van der Waals surface area (Å²) in [7, 11) is -3.84. The van der Waals surface area contributed by atoms with E-state index in [1.165, 1.54) is 24.0 Å². The van der Waals surface area contributed by atoms with Crippen LogP contribution in [0.2, 0.25) is 0 Å². The van der Waals surface area contributed by atoms with Crippen LogP contribution in [-0.4, -0.2) is 51.2 Å². The number of aromatic amines is 1. The molecule has 1 fully saturated rings. The van der Waals surface area contributed by atoms with Crippen LogP contribution < -0.4 is 0 Å². The molecule has 1 aromatic heterocycles. The molecule has 2 rings (SSSR count). The quantitative estimate of drug-likeness (QED) is 0.829. The summed E-state index contributed by atoms with van der Waals surface area (Å²) < 4.78 is 25.8. The highest BCUT2D eigenvalue weighted by Crippen LogP contribution is 2.35. The van der Waals surface area contributed by atoms with Crippen LogP contribution in [0.4, 0.5) is 0 Å². The molecule has 0 bridgehead atoms. The van der Waals surface area contributed by atoms with Gasteiger partial charge in [-0.25, -0.2) is 8.42 Å². The van der Waals surface area contributed by atoms with E-state index in [0.717, 1.165) is 4.31 Å². The Labute approximate surface area is 109 Å². The van der Waals surface area contributed by atoms with Crippen LogP contribution in [0.5, 0.6) is 0 Å². The third-order valence-electron chi connectivity index (χ3n) is 2.70. The van der Waals surface area contributed by atoms with Crippen LogP contribution in [0.3, 0.4) is 0 Å². The second-order valence-electron chi connectivity index (χ2n) is 3.81. The first-order chi connectivity index (χ1) is 8.48. The molecular weight excluding hydrogens is 278 g/mol. The van der Waals surface area contributed by atoms with Gasteiger partial charge < -0.3 is 5.11 Å². The summed E-state index contributed by atoms with van der Waals surface area (Å²) in [5, 5.41) is 14.7. The van der Waals surface area contributed by atoms with Crippen molar-refractivity contribution in [3.63, 3.8) is 0 Å². The van der Waals surface area contributed by atoms with Gasteiger partial charge in [-0.3, -0.25) is 9.89 Å². The van der Waals surface area contributed by atoms with E-state index >= 15 is 0 Å². The van der Waals surface area contributed by atoms with Crippen LogP contribution in [0.1, 0.15) is 13.3 Å². The van der Waals surface area contributed by atoms with Gasteiger partial charge in [-0.05, 0) is 12.5 Å². The fraction of sp³-hybridized carbons (Fsp3) is 0.556. The Hall–Kier alpha value is -1.06. The summed E-state index contributed by atoms with van der Waals surface area (Å²) in [4.78, 5) is 11.1. The molecule has 7 nitrogen and oxygen atoms in total. The fourth-order valence-corrected chi connectivity index (χ4v) is 5.29. The monoisotopic (exact) mass is 291 g/mol. The zero-order chi connectivity index (χ0) is 13.3. The second-order valence-corrected chi connectivity index (χ2v) is 6.83. The highest BCUT2D eigenvalue weighted by atomic mass is 32.2. The van der Waals surface area contributed by atoms with Crippen molar-refractivity contribution in [2.24, 2.45) is 0 Å². The van der Waals surface area contributed by atoms with Crippen LogP contribution in [0.15, 0.2) is 17.3 Å². The number of nitrogens with zero attached hydrogens (tertiary/aromatic N) is 2. The molecule has 1 aromatic rings. The molecule has 0 saturated carbocycles. The lowest BCUT2D eigenvalue weighted by molar-refractivity contribution is -0.140. The van der Waals surface area contributed by atoms with Crippen molar-refractivity contribution in [1.29, 1.82) is 0 Å². The smallest absolute Gasteiger partial charge is 0.322 e. The SMILES string of the molecule is CCC1SCC(C(=O)O)N1S(=O)(=O)c1ccn[nH]1. The number of hydrogen-bond donors (Lipinski definition) is 2. The summed E-state index contributed by atoms with van der Waals surface area (Å²) in [6.45, 7) is 1.83. The number of sulfonamides is 1. The maximum atomic E-state index is 12.4. The predicted octanol–water partition coefficient (Wildman–Crippen LogP) is 0.337. The minimum absolute atomic E-state index is 0.0744. The molecule has 100 valence electrons. The van der Waals surface area contributed by atoms with E-state index in [4.69, 9.17) is 5.11 Å². The van der Waals surface area contributed by atoms with Crippen molar-refractivity contribution >= 4 is 27.8 Å². The number of aliphatic carboxylic acids is 1. The van der Waals surface area contributed by atoms with Gasteiger partial charge in [0, 0.05) is 5.75 Å². The first-order valence-electron chi connectivity index (χ1n) is 5.35. The lowest BCUT2D eigenvalue weighted by Crippen LogP contribution is -2.45. The Morgan fingerprint density at radius 2 is 2.44 bits per heavy atom. The van der Waals surface area contributed by atoms with Gasteiger partial charge in [-0.2, -0.15) is 9.40 Å². The molecular formula is C9H13N3O4S2. The average molecular weight is 291 g/mol. The minimum atomic E-state index is -3.84.